The summed E-state index contributed by atoms with van der Waals surface area (Å²) in [6.07, 6.45) is 0. The molecule has 6 nitrogen and oxygen atoms in total. The van der Waals surface area contributed by atoms with Gasteiger partial charge in [0.1, 0.15) is 13.2 Å². The Morgan fingerprint density at radius 2 is 1.68 bits per heavy atom. The molecule has 8 heteroatoms. The number of esters is 1. The summed E-state index contributed by atoms with van der Waals surface area (Å²) in [5.74, 6) is -0.307. The van der Waals surface area contributed by atoms with E-state index in [-0.39, 0.29) is 30.5 Å². The molecule has 0 N–H and O–H groups in total. The molecule has 0 aliphatic heterocycles. The number of hydrogen-bond acceptors (Lipinski definition) is 5. The van der Waals surface area contributed by atoms with Crippen molar-refractivity contribution in [1.82, 2.24) is 9.78 Å². The highest BCUT2D eigenvalue weighted by Crippen LogP contribution is 2.32. The SMILES string of the molecule is CC(C)n1nc(C(=O)OCCOc2c(Cl)cccc2Cl)c2ccccc2c1=O. The number of aromatic nitrogens is 2. The van der Waals surface area contributed by atoms with Crippen LogP contribution in [0, 0.1) is 0 Å². The number of para-hydroxylation sites is 1. The Balaban J connectivity index is 1.77. The lowest BCUT2D eigenvalue weighted by Gasteiger charge is -2.13. The van der Waals surface area contributed by atoms with E-state index in [4.69, 9.17) is 32.7 Å². The average Bonchev–Trinajstić information content (AvgIpc) is 2.67. The Morgan fingerprint density at radius 1 is 1.04 bits per heavy atom. The Bertz CT molecular complexity index is 1060. The maximum absolute atomic E-state index is 12.6. The minimum atomic E-state index is -0.639. The standard InChI is InChI=1S/C20H18Cl2N2O4/c1-12(2)24-19(25)14-7-4-3-6-13(14)17(23-24)20(26)28-11-10-27-18-15(21)8-5-9-16(18)22/h3-9,12H,10-11H2,1-2H3. The van der Waals surface area contributed by atoms with Gasteiger partial charge in [-0.3, -0.25) is 4.79 Å². The molecule has 146 valence electrons. The zero-order valence-electron chi connectivity index (χ0n) is 15.3. The van der Waals surface area contributed by atoms with Crippen molar-refractivity contribution in [1.29, 1.82) is 0 Å². The maximum Gasteiger partial charge on any atom is 0.359 e. The van der Waals surface area contributed by atoms with E-state index in [1.165, 1.54) is 4.68 Å². The molecule has 3 aromatic rings. The summed E-state index contributed by atoms with van der Waals surface area (Å²) in [6, 6.07) is 11.6. The van der Waals surface area contributed by atoms with Crippen molar-refractivity contribution in [3.63, 3.8) is 0 Å². The van der Waals surface area contributed by atoms with Gasteiger partial charge in [0.15, 0.2) is 11.4 Å². The normalized spacial score (nSPS) is 11.0. The molecule has 0 saturated heterocycles. The van der Waals surface area contributed by atoms with Gasteiger partial charge in [-0.15, -0.1) is 0 Å². The van der Waals surface area contributed by atoms with Crippen LogP contribution in [0.4, 0.5) is 0 Å². The molecular formula is C20H18Cl2N2O4. The summed E-state index contributed by atoms with van der Waals surface area (Å²) in [5, 5.41) is 5.82. The van der Waals surface area contributed by atoms with Gasteiger partial charge in [-0.1, -0.05) is 47.5 Å². The van der Waals surface area contributed by atoms with Gasteiger partial charge in [0.2, 0.25) is 0 Å². The Labute approximate surface area is 171 Å². The summed E-state index contributed by atoms with van der Waals surface area (Å²) in [6.45, 7) is 3.67. The number of ether oxygens (including phenoxy) is 2. The highest BCUT2D eigenvalue weighted by atomic mass is 35.5. The molecule has 28 heavy (non-hydrogen) atoms. The van der Waals surface area contributed by atoms with Crippen molar-refractivity contribution in [3.8, 4) is 5.75 Å². The first-order valence-corrected chi connectivity index (χ1v) is 9.41. The van der Waals surface area contributed by atoms with E-state index in [1.807, 2.05) is 13.8 Å². The first kappa shape index (κ1) is 20.2. The third-order valence-electron chi connectivity index (χ3n) is 3.99. The molecule has 2 aromatic carbocycles. The molecule has 0 bridgehead atoms. The lowest BCUT2D eigenvalue weighted by Crippen LogP contribution is -2.28. The van der Waals surface area contributed by atoms with Crippen LogP contribution in [0.5, 0.6) is 5.75 Å². The second-order valence-electron chi connectivity index (χ2n) is 6.27. The molecule has 1 heterocycles. The molecule has 3 rings (SSSR count). The topological polar surface area (TPSA) is 70.4 Å². The molecule has 0 saturated carbocycles. The van der Waals surface area contributed by atoms with Gasteiger partial charge < -0.3 is 9.47 Å². The predicted octanol–water partition coefficient (Wildman–Crippen LogP) is 4.52. The second kappa shape index (κ2) is 8.63. The number of benzene rings is 2. The number of fused-ring (bicyclic) bond motifs is 1. The first-order valence-electron chi connectivity index (χ1n) is 8.65. The van der Waals surface area contributed by atoms with Crippen molar-refractivity contribution in [2.75, 3.05) is 13.2 Å². The molecule has 0 spiro atoms. The average molecular weight is 421 g/mol. The van der Waals surface area contributed by atoms with Crippen LogP contribution in [0.1, 0.15) is 30.4 Å². The maximum atomic E-state index is 12.6. The molecule has 1 aromatic heterocycles. The zero-order valence-corrected chi connectivity index (χ0v) is 16.8. The zero-order chi connectivity index (χ0) is 20.3. The summed E-state index contributed by atoms with van der Waals surface area (Å²) in [5.41, 5.74) is -0.168. The summed E-state index contributed by atoms with van der Waals surface area (Å²) >= 11 is 12.1. The highest BCUT2D eigenvalue weighted by Gasteiger charge is 2.19. The molecule has 0 amide bonds. The van der Waals surface area contributed by atoms with Gasteiger partial charge in [-0.2, -0.15) is 5.10 Å². The third-order valence-corrected chi connectivity index (χ3v) is 4.59. The van der Waals surface area contributed by atoms with Crippen LogP contribution in [0.2, 0.25) is 10.0 Å². The summed E-state index contributed by atoms with van der Waals surface area (Å²) < 4.78 is 12.1. The van der Waals surface area contributed by atoms with Crippen LogP contribution in [0.15, 0.2) is 47.3 Å². The number of halogens is 2. The fourth-order valence-electron chi connectivity index (χ4n) is 2.67. The molecule has 0 radical (unpaired) electrons. The number of rotatable bonds is 6. The second-order valence-corrected chi connectivity index (χ2v) is 7.09. The van der Waals surface area contributed by atoms with Gasteiger partial charge in [-0.25, -0.2) is 9.48 Å². The molecule has 0 fully saturated rings. The fourth-order valence-corrected chi connectivity index (χ4v) is 3.18. The highest BCUT2D eigenvalue weighted by molar-refractivity contribution is 6.37. The molecule has 0 unspecified atom stereocenters. The molecule has 0 atom stereocenters. The quantitative estimate of drug-likeness (QED) is 0.432. The molecule has 0 aliphatic rings. The Kier molecular flexibility index (Phi) is 6.21. The van der Waals surface area contributed by atoms with Gasteiger partial charge >= 0.3 is 5.97 Å². The van der Waals surface area contributed by atoms with Gasteiger partial charge in [0.25, 0.3) is 5.56 Å². The van der Waals surface area contributed by atoms with E-state index in [2.05, 4.69) is 5.10 Å². The van der Waals surface area contributed by atoms with E-state index in [9.17, 15) is 9.59 Å². The number of carbonyl (C=O) groups excluding carboxylic acids is 1. The number of carbonyl (C=O) groups is 1. The van der Waals surface area contributed by atoms with Crippen LogP contribution in [-0.4, -0.2) is 29.0 Å². The van der Waals surface area contributed by atoms with Crippen LogP contribution < -0.4 is 10.3 Å². The summed E-state index contributed by atoms with van der Waals surface area (Å²) in [7, 11) is 0. The van der Waals surface area contributed by atoms with Crippen LogP contribution >= 0.6 is 23.2 Å². The van der Waals surface area contributed by atoms with Gasteiger partial charge in [-0.05, 0) is 32.0 Å². The van der Waals surface area contributed by atoms with E-state index in [0.29, 0.717) is 26.6 Å². The van der Waals surface area contributed by atoms with Crippen LogP contribution in [0.25, 0.3) is 10.8 Å². The van der Waals surface area contributed by atoms with Crippen molar-refractivity contribution >= 4 is 39.9 Å². The number of hydrogen-bond donors (Lipinski definition) is 0. The lowest BCUT2D eigenvalue weighted by atomic mass is 10.1. The van der Waals surface area contributed by atoms with Gasteiger partial charge in [0.05, 0.1) is 21.5 Å². The van der Waals surface area contributed by atoms with E-state index in [1.54, 1.807) is 42.5 Å². The summed E-state index contributed by atoms with van der Waals surface area (Å²) in [4.78, 5) is 25.1. The predicted molar refractivity (Wildman–Crippen MR) is 109 cm³/mol. The molecular weight excluding hydrogens is 403 g/mol. The Morgan fingerprint density at radius 3 is 2.32 bits per heavy atom. The van der Waals surface area contributed by atoms with E-state index in [0.717, 1.165) is 0 Å². The minimum absolute atomic E-state index is 0.0306. The monoisotopic (exact) mass is 420 g/mol. The Hall–Kier alpha value is -2.57. The smallest absolute Gasteiger partial charge is 0.359 e. The van der Waals surface area contributed by atoms with E-state index >= 15 is 0 Å². The van der Waals surface area contributed by atoms with Crippen LogP contribution in [0.3, 0.4) is 0 Å². The van der Waals surface area contributed by atoms with E-state index < -0.39 is 5.97 Å². The largest absolute Gasteiger partial charge is 0.487 e. The van der Waals surface area contributed by atoms with Crippen molar-refractivity contribution in [2.24, 2.45) is 0 Å². The van der Waals surface area contributed by atoms with Gasteiger partial charge in [0, 0.05) is 5.39 Å². The molecule has 0 aliphatic carbocycles. The first-order chi connectivity index (χ1) is 13.4. The fraction of sp³-hybridized carbons (Fsp3) is 0.250. The van der Waals surface area contributed by atoms with Crippen molar-refractivity contribution in [2.45, 2.75) is 19.9 Å². The minimum Gasteiger partial charge on any atom is -0.487 e. The van der Waals surface area contributed by atoms with Crippen LogP contribution in [-0.2, 0) is 4.74 Å². The number of nitrogens with zero attached hydrogens (tertiary/aromatic N) is 2. The third kappa shape index (κ3) is 4.13. The lowest BCUT2D eigenvalue weighted by molar-refractivity contribution is 0.0443. The van der Waals surface area contributed by atoms with Crippen molar-refractivity contribution < 1.29 is 14.3 Å². The van der Waals surface area contributed by atoms with Crippen molar-refractivity contribution in [3.05, 3.63) is 68.6 Å².